The standard InChI is InChI=1S/C11H9IN2O5S/c12-19-10(15)8-2-1-3-9(4-8)20(17,18)14-6-11(16,5-13)7-14/h1-4,16H,6-7H2. The molecular formula is C11H9IN2O5S. The van der Waals surface area contributed by atoms with Gasteiger partial charge in [-0.25, -0.2) is 13.2 Å². The van der Waals surface area contributed by atoms with Gasteiger partial charge in [-0.2, -0.15) is 9.57 Å². The summed E-state index contributed by atoms with van der Waals surface area (Å²) >= 11 is 1.41. The van der Waals surface area contributed by atoms with E-state index in [1.807, 2.05) is 0 Å². The van der Waals surface area contributed by atoms with Crippen LogP contribution in [0.5, 0.6) is 0 Å². The highest BCUT2D eigenvalue weighted by Crippen LogP contribution is 2.28. The summed E-state index contributed by atoms with van der Waals surface area (Å²) in [5, 5.41) is 18.2. The zero-order valence-electron chi connectivity index (χ0n) is 9.98. The van der Waals surface area contributed by atoms with Crippen LogP contribution in [0.25, 0.3) is 0 Å². The Morgan fingerprint density at radius 1 is 1.50 bits per heavy atom. The van der Waals surface area contributed by atoms with Crippen LogP contribution in [-0.4, -0.2) is 42.5 Å². The highest BCUT2D eigenvalue weighted by molar-refractivity contribution is 14.1. The van der Waals surface area contributed by atoms with Gasteiger partial charge < -0.3 is 8.17 Å². The fraction of sp³-hybridized carbons (Fsp3) is 0.273. The molecule has 0 radical (unpaired) electrons. The molecule has 1 heterocycles. The molecule has 1 N–H and O–H groups in total. The van der Waals surface area contributed by atoms with Crippen LogP contribution >= 0.6 is 23.0 Å². The molecule has 0 amide bonds. The summed E-state index contributed by atoms with van der Waals surface area (Å²) in [5.41, 5.74) is -1.53. The van der Waals surface area contributed by atoms with Gasteiger partial charge in [-0.1, -0.05) is 6.07 Å². The van der Waals surface area contributed by atoms with Crippen LogP contribution in [0, 0.1) is 11.3 Å². The van der Waals surface area contributed by atoms with Gasteiger partial charge in [0.2, 0.25) is 10.0 Å². The Bertz CT molecular complexity index is 691. The number of halogens is 1. The lowest BCUT2D eigenvalue weighted by Gasteiger charge is -2.40. The number of nitrogens with zero attached hydrogens (tertiary/aromatic N) is 2. The molecule has 0 aliphatic carbocycles. The second-order valence-electron chi connectivity index (χ2n) is 4.31. The first-order valence-electron chi connectivity index (χ1n) is 5.39. The number of benzene rings is 1. The summed E-state index contributed by atoms with van der Waals surface area (Å²) in [7, 11) is -3.84. The number of hydrogen-bond donors (Lipinski definition) is 1. The topological polar surface area (TPSA) is 108 Å². The lowest BCUT2D eigenvalue weighted by Crippen LogP contribution is -2.62. The number of rotatable bonds is 3. The summed E-state index contributed by atoms with van der Waals surface area (Å²) in [6.07, 6.45) is 0. The molecule has 1 fully saturated rings. The number of hydrogen-bond acceptors (Lipinski definition) is 6. The molecular weight excluding hydrogens is 399 g/mol. The van der Waals surface area contributed by atoms with Crippen LogP contribution in [0.1, 0.15) is 10.4 Å². The molecule has 2 rings (SSSR count). The molecule has 9 heteroatoms. The largest absolute Gasteiger partial charge is 0.391 e. The number of sulfonamides is 1. The summed E-state index contributed by atoms with van der Waals surface area (Å²) in [6.45, 7) is -0.570. The van der Waals surface area contributed by atoms with Gasteiger partial charge >= 0.3 is 5.97 Å². The predicted molar refractivity (Wildman–Crippen MR) is 75.2 cm³/mol. The van der Waals surface area contributed by atoms with Crippen molar-refractivity contribution in [2.45, 2.75) is 10.5 Å². The first kappa shape index (κ1) is 15.2. The molecule has 0 spiro atoms. The van der Waals surface area contributed by atoms with Gasteiger partial charge in [0.15, 0.2) is 28.6 Å². The smallest absolute Gasteiger partial charge is 0.347 e. The van der Waals surface area contributed by atoms with E-state index < -0.39 is 21.6 Å². The Morgan fingerprint density at radius 2 is 2.15 bits per heavy atom. The molecule has 0 saturated carbocycles. The highest BCUT2D eigenvalue weighted by Gasteiger charge is 2.47. The lowest BCUT2D eigenvalue weighted by molar-refractivity contribution is -0.0100. The Balaban J connectivity index is 2.28. The van der Waals surface area contributed by atoms with E-state index in [0.29, 0.717) is 0 Å². The molecule has 1 saturated heterocycles. The number of carbonyl (C=O) groups is 1. The van der Waals surface area contributed by atoms with Crippen LogP contribution in [-0.2, 0) is 13.1 Å². The molecule has 0 bridgehead atoms. The number of β-amino-alcohol motifs (C(OH)–C–C–N with tert-alkyl or cyclic N) is 1. The Morgan fingerprint density at radius 3 is 2.70 bits per heavy atom. The molecule has 1 aromatic carbocycles. The third kappa shape index (κ3) is 2.64. The molecule has 0 aromatic heterocycles. The van der Waals surface area contributed by atoms with Crippen LogP contribution in [0.2, 0.25) is 0 Å². The average molecular weight is 408 g/mol. The van der Waals surface area contributed by atoms with E-state index >= 15 is 0 Å². The minimum atomic E-state index is -3.84. The number of carbonyl (C=O) groups excluding carboxylic acids is 1. The van der Waals surface area contributed by atoms with E-state index in [0.717, 1.165) is 4.31 Å². The van der Waals surface area contributed by atoms with Crippen molar-refractivity contribution in [1.82, 2.24) is 4.31 Å². The van der Waals surface area contributed by atoms with Gasteiger partial charge in [0, 0.05) is 0 Å². The van der Waals surface area contributed by atoms with Crippen molar-refractivity contribution in [3.63, 3.8) is 0 Å². The van der Waals surface area contributed by atoms with Gasteiger partial charge in [-0.15, -0.1) is 0 Å². The molecule has 106 valence electrons. The normalized spacial score (nSPS) is 17.9. The van der Waals surface area contributed by atoms with E-state index in [9.17, 15) is 18.3 Å². The second-order valence-corrected chi connectivity index (χ2v) is 6.69. The van der Waals surface area contributed by atoms with Crippen molar-refractivity contribution in [2.24, 2.45) is 0 Å². The van der Waals surface area contributed by atoms with Gasteiger partial charge in [-0.05, 0) is 18.2 Å². The Labute approximate surface area is 129 Å². The van der Waals surface area contributed by atoms with Gasteiger partial charge in [0.1, 0.15) is 6.07 Å². The second kappa shape index (κ2) is 5.28. The van der Waals surface area contributed by atoms with Crippen LogP contribution < -0.4 is 0 Å². The summed E-state index contributed by atoms with van der Waals surface area (Å²) < 4.78 is 29.9. The quantitative estimate of drug-likeness (QED) is 0.575. The molecule has 0 atom stereocenters. The van der Waals surface area contributed by atoms with E-state index in [4.69, 9.17) is 5.26 Å². The van der Waals surface area contributed by atoms with Crippen LogP contribution in [0.4, 0.5) is 0 Å². The van der Waals surface area contributed by atoms with Gasteiger partial charge in [0.25, 0.3) is 0 Å². The zero-order chi connectivity index (χ0) is 15.0. The maximum Gasteiger partial charge on any atom is 0.347 e. The lowest BCUT2D eigenvalue weighted by atomic mass is 10.0. The predicted octanol–water partition coefficient (Wildman–Crippen LogP) is 0.452. The van der Waals surface area contributed by atoms with Crippen molar-refractivity contribution in [3.05, 3.63) is 29.8 Å². The van der Waals surface area contributed by atoms with Gasteiger partial charge in [-0.3, -0.25) is 0 Å². The maximum absolute atomic E-state index is 12.2. The molecule has 1 aromatic rings. The minimum Gasteiger partial charge on any atom is -0.391 e. The monoisotopic (exact) mass is 408 g/mol. The summed E-state index contributed by atoms with van der Waals surface area (Å²) in [4.78, 5) is 11.3. The van der Waals surface area contributed by atoms with Crippen molar-refractivity contribution in [3.8, 4) is 6.07 Å². The SMILES string of the molecule is N#CC1(O)CN(S(=O)(=O)c2cccc(C(=O)OI)c2)C1. The number of nitriles is 1. The molecule has 0 unspecified atom stereocenters. The van der Waals surface area contributed by atoms with Crippen molar-refractivity contribution >= 4 is 39.0 Å². The molecule has 1 aliphatic rings. The van der Waals surface area contributed by atoms with Crippen molar-refractivity contribution < 1.29 is 21.4 Å². The van der Waals surface area contributed by atoms with Gasteiger partial charge in [0.05, 0.1) is 23.5 Å². The first-order chi connectivity index (χ1) is 9.32. The third-order valence-corrected chi connectivity index (χ3v) is 5.05. The van der Waals surface area contributed by atoms with Crippen molar-refractivity contribution in [2.75, 3.05) is 13.1 Å². The highest BCUT2D eigenvalue weighted by atomic mass is 127. The fourth-order valence-electron chi connectivity index (χ4n) is 1.75. The van der Waals surface area contributed by atoms with Crippen LogP contribution in [0.3, 0.4) is 0 Å². The average Bonchev–Trinajstić information content (AvgIpc) is 2.43. The molecule has 20 heavy (non-hydrogen) atoms. The van der Waals surface area contributed by atoms with Crippen molar-refractivity contribution in [1.29, 1.82) is 5.26 Å². The van der Waals surface area contributed by atoms with E-state index in [2.05, 4.69) is 3.07 Å². The number of aliphatic hydroxyl groups is 1. The first-order valence-corrected chi connectivity index (χ1v) is 7.71. The van der Waals surface area contributed by atoms with Crippen LogP contribution in [0.15, 0.2) is 29.2 Å². The summed E-state index contributed by atoms with van der Waals surface area (Å²) in [5.74, 6) is -0.653. The minimum absolute atomic E-state index is 0.0863. The third-order valence-electron chi connectivity index (χ3n) is 2.86. The molecule has 7 nitrogen and oxygen atoms in total. The van der Waals surface area contributed by atoms with E-state index in [-0.39, 0.29) is 23.5 Å². The Hall–Kier alpha value is -1.22. The maximum atomic E-state index is 12.2. The summed E-state index contributed by atoms with van der Waals surface area (Å²) in [6, 6.07) is 7.03. The molecule has 1 aliphatic heterocycles. The Kier molecular flexibility index (Phi) is 4.01. The zero-order valence-corrected chi connectivity index (χ0v) is 13.0. The van der Waals surface area contributed by atoms with E-state index in [1.165, 1.54) is 47.3 Å². The van der Waals surface area contributed by atoms with E-state index in [1.54, 1.807) is 6.07 Å². The fourth-order valence-corrected chi connectivity index (χ4v) is 3.60.